The molecule has 1 unspecified atom stereocenters. The van der Waals surface area contributed by atoms with E-state index < -0.39 is 0 Å². The molecule has 0 heterocycles. The zero-order valence-corrected chi connectivity index (χ0v) is 11.4. The van der Waals surface area contributed by atoms with Gasteiger partial charge < -0.3 is 15.4 Å². The summed E-state index contributed by atoms with van der Waals surface area (Å²) in [5.41, 5.74) is 7.42. The number of hydrogen-bond acceptors (Lipinski definition) is 3. The maximum absolute atomic E-state index is 6.32. The molecule has 1 aliphatic carbocycles. The lowest BCUT2D eigenvalue weighted by Gasteiger charge is -2.27. The second kappa shape index (κ2) is 6.21. The van der Waals surface area contributed by atoms with Gasteiger partial charge in [0.25, 0.3) is 0 Å². The molecule has 18 heavy (non-hydrogen) atoms. The molecule has 0 bridgehead atoms. The number of ether oxygens (including phenoxy) is 1. The molecule has 0 saturated heterocycles. The summed E-state index contributed by atoms with van der Waals surface area (Å²) in [4.78, 5) is 2.41. The maximum Gasteiger partial charge on any atom is 0.123 e. The van der Waals surface area contributed by atoms with Gasteiger partial charge in [-0.2, -0.15) is 0 Å². The second-order valence-electron chi connectivity index (χ2n) is 5.23. The van der Waals surface area contributed by atoms with Gasteiger partial charge in [-0.05, 0) is 26.0 Å². The number of nitrogens with zero attached hydrogens (tertiary/aromatic N) is 1. The monoisotopic (exact) mass is 248 g/mol. The SMILES string of the molecule is COc1ccccc1C(N)CN(C)C1CCCC1. The number of nitrogens with two attached hydrogens (primary N) is 1. The van der Waals surface area contributed by atoms with Gasteiger partial charge in [0, 0.05) is 24.2 Å². The lowest BCUT2D eigenvalue weighted by Crippen LogP contribution is -2.35. The molecule has 0 radical (unpaired) electrons. The minimum absolute atomic E-state index is 0.0201. The van der Waals surface area contributed by atoms with Crippen LogP contribution in [0.1, 0.15) is 37.3 Å². The van der Waals surface area contributed by atoms with E-state index in [4.69, 9.17) is 10.5 Å². The quantitative estimate of drug-likeness (QED) is 0.870. The molecule has 0 aromatic heterocycles. The number of likely N-dealkylation sites (N-methyl/N-ethyl adjacent to an activating group) is 1. The zero-order valence-electron chi connectivity index (χ0n) is 11.4. The highest BCUT2D eigenvalue weighted by molar-refractivity contribution is 5.35. The van der Waals surface area contributed by atoms with Crippen molar-refractivity contribution in [2.75, 3.05) is 20.7 Å². The summed E-state index contributed by atoms with van der Waals surface area (Å²) in [7, 11) is 3.89. The van der Waals surface area contributed by atoms with Crippen LogP contribution >= 0.6 is 0 Å². The lowest BCUT2D eigenvalue weighted by molar-refractivity contribution is 0.230. The standard InChI is InChI=1S/C15H24N2O/c1-17(12-7-3-4-8-12)11-14(16)13-9-5-6-10-15(13)18-2/h5-6,9-10,12,14H,3-4,7-8,11,16H2,1-2H3. The molecule has 3 heteroatoms. The highest BCUT2D eigenvalue weighted by Gasteiger charge is 2.22. The molecule has 0 amide bonds. The van der Waals surface area contributed by atoms with Gasteiger partial charge in [0.05, 0.1) is 7.11 Å². The number of benzene rings is 1. The Morgan fingerprint density at radius 3 is 2.67 bits per heavy atom. The average molecular weight is 248 g/mol. The van der Waals surface area contributed by atoms with Gasteiger partial charge in [-0.15, -0.1) is 0 Å². The molecule has 100 valence electrons. The number of methoxy groups -OCH3 is 1. The van der Waals surface area contributed by atoms with E-state index in [9.17, 15) is 0 Å². The highest BCUT2D eigenvalue weighted by Crippen LogP contribution is 2.27. The Balaban J connectivity index is 1.99. The van der Waals surface area contributed by atoms with E-state index in [1.54, 1.807) is 7.11 Å². The molecular formula is C15H24N2O. The number of para-hydroxylation sites is 1. The van der Waals surface area contributed by atoms with Gasteiger partial charge in [-0.1, -0.05) is 31.0 Å². The van der Waals surface area contributed by atoms with E-state index in [0.717, 1.165) is 17.9 Å². The fraction of sp³-hybridized carbons (Fsp3) is 0.600. The summed E-state index contributed by atoms with van der Waals surface area (Å²) < 4.78 is 5.37. The first-order valence-corrected chi connectivity index (χ1v) is 6.81. The van der Waals surface area contributed by atoms with Crippen molar-refractivity contribution in [2.45, 2.75) is 37.8 Å². The Morgan fingerprint density at radius 1 is 1.33 bits per heavy atom. The fourth-order valence-electron chi connectivity index (χ4n) is 2.88. The molecule has 3 nitrogen and oxygen atoms in total. The van der Waals surface area contributed by atoms with Crippen LogP contribution in [0.15, 0.2) is 24.3 Å². The van der Waals surface area contributed by atoms with Crippen molar-refractivity contribution >= 4 is 0 Å². The van der Waals surface area contributed by atoms with Gasteiger partial charge in [0.15, 0.2) is 0 Å². The average Bonchev–Trinajstić information content (AvgIpc) is 2.92. The van der Waals surface area contributed by atoms with E-state index in [2.05, 4.69) is 18.0 Å². The first kappa shape index (κ1) is 13.4. The van der Waals surface area contributed by atoms with Gasteiger partial charge in [0.2, 0.25) is 0 Å². The molecule has 1 atom stereocenters. The Morgan fingerprint density at radius 2 is 2.00 bits per heavy atom. The summed E-state index contributed by atoms with van der Waals surface area (Å²) in [6.07, 6.45) is 5.35. The van der Waals surface area contributed by atoms with Crippen molar-refractivity contribution in [3.63, 3.8) is 0 Å². The third-order valence-electron chi connectivity index (χ3n) is 3.97. The van der Waals surface area contributed by atoms with Crippen molar-refractivity contribution < 1.29 is 4.74 Å². The van der Waals surface area contributed by atoms with Crippen LogP contribution in [-0.4, -0.2) is 31.6 Å². The molecular weight excluding hydrogens is 224 g/mol. The first-order valence-electron chi connectivity index (χ1n) is 6.81. The summed E-state index contributed by atoms with van der Waals surface area (Å²) >= 11 is 0. The van der Waals surface area contributed by atoms with Crippen molar-refractivity contribution in [1.82, 2.24) is 4.90 Å². The van der Waals surface area contributed by atoms with E-state index in [0.29, 0.717) is 6.04 Å². The molecule has 1 saturated carbocycles. The van der Waals surface area contributed by atoms with Crippen LogP contribution in [0.5, 0.6) is 5.75 Å². The smallest absolute Gasteiger partial charge is 0.123 e. The van der Waals surface area contributed by atoms with Crippen LogP contribution in [0.2, 0.25) is 0 Å². The van der Waals surface area contributed by atoms with Gasteiger partial charge >= 0.3 is 0 Å². The summed E-state index contributed by atoms with van der Waals surface area (Å²) in [6.45, 7) is 0.894. The Labute approximate surface area is 110 Å². The summed E-state index contributed by atoms with van der Waals surface area (Å²) in [5.74, 6) is 0.893. The van der Waals surface area contributed by atoms with E-state index in [1.165, 1.54) is 25.7 Å². The molecule has 0 aliphatic heterocycles. The van der Waals surface area contributed by atoms with Crippen LogP contribution in [0, 0.1) is 0 Å². The predicted octanol–water partition coefficient (Wildman–Crippen LogP) is 2.57. The van der Waals surface area contributed by atoms with Gasteiger partial charge in [-0.25, -0.2) is 0 Å². The van der Waals surface area contributed by atoms with Crippen molar-refractivity contribution in [1.29, 1.82) is 0 Å². The van der Waals surface area contributed by atoms with Gasteiger partial charge in [-0.3, -0.25) is 0 Å². The first-order chi connectivity index (χ1) is 8.72. The minimum Gasteiger partial charge on any atom is -0.496 e. The van der Waals surface area contributed by atoms with Gasteiger partial charge in [0.1, 0.15) is 5.75 Å². The number of hydrogen-bond donors (Lipinski definition) is 1. The Bertz CT molecular complexity index is 375. The Hall–Kier alpha value is -1.06. The predicted molar refractivity (Wildman–Crippen MR) is 74.8 cm³/mol. The molecule has 1 fully saturated rings. The van der Waals surface area contributed by atoms with E-state index >= 15 is 0 Å². The number of rotatable bonds is 5. The third-order valence-corrected chi connectivity index (χ3v) is 3.97. The van der Waals surface area contributed by atoms with Crippen LogP contribution in [-0.2, 0) is 0 Å². The van der Waals surface area contributed by atoms with Crippen molar-refractivity contribution in [2.24, 2.45) is 5.73 Å². The fourth-order valence-corrected chi connectivity index (χ4v) is 2.88. The topological polar surface area (TPSA) is 38.5 Å². The summed E-state index contributed by atoms with van der Waals surface area (Å²) in [5, 5.41) is 0. The maximum atomic E-state index is 6.32. The second-order valence-corrected chi connectivity index (χ2v) is 5.23. The molecule has 0 spiro atoms. The van der Waals surface area contributed by atoms with Crippen molar-refractivity contribution in [3.05, 3.63) is 29.8 Å². The molecule has 1 aliphatic rings. The largest absolute Gasteiger partial charge is 0.496 e. The molecule has 2 N–H and O–H groups in total. The van der Waals surface area contributed by atoms with Crippen LogP contribution in [0.4, 0.5) is 0 Å². The molecule has 1 aromatic carbocycles. The summed E-state index contributed by atoms with van der Waals surface area (Å²) in [6, 6.07) is 8.78. The normalized spacial score (nSPS) is 18.2. The zero-order chi connectivity index (χ0) is 13.0. The highest BCUT2D eigenvalue weighted by atomic mass is 16.5. The van der Waals surface area contributed by atoms with Crippen molar-refractivity contribution in [3.8, 4) is 5.75 Å². The molecule has 2 rings (SSSR count). The minimum atomic E-state index is 0.0201. The third kappa shape index (κ3) is 3.03. The van der Waals surface area contributed by atoms with Crippen LogP contribution < -0.4 is 10.5 Å². The Kier molecular flexibility index (Phi) is 4.61. The molecule has 1 aromatic rings. The van der Waals surface area contributed by atoms with Crippen LogP contribution in [0.25, 0.3) is 0 Å². The van der Waals surface area contributed by atoms with Crippen LogP contribution in [0.3, 0.4) is 0 Å². The van der Waals surface area contributed by atoms with E-state index in [-0.39, 0.29) is 6.04 Å². The van der Waals surface area contributed by atoms with E-state index in [1.807, 2.05) is 18.2 Å². The lowest BCUT2D eigenvalue weighted by atomic mass is 10.1.